The molecule has 0 aliphatic rings. The molecule has 0 aromatic rings. The van der Waals surface area contributed by atoms with Crippen LogP contribution in [0, 0.1) is 17.8 Å². The summed E-state index contributed by atoms with van der Waals surface area (Å²) in [6.45, 7) is 14.2. The van der Waals surface area contributed by atoms with Gasteiger partial charge in [0.05, 0.1) is 6.54 Å². The molecular weight excluding hydrogens is 230 g/mol. The van der Waals surface area contributed by atoms with Gasteiger partial charge in [0.1, 0.15) is 0 Å². The summed E-state index contributed by atoms with van der Waals surface area (Å²) in [6.07, 6.45) is 4.83. The fourth-order valence-electron chi connectivity index (χ4n) is 1.35. The third-order valence-electron chi connectivity index (χ3n) is 2.12. The highest BCUT2D eigenvalue weighted by atomic mass is 35.5. The Morgan fingerprint density at radius 1 is 1.35 bits per heavy atom. The highest BCUT2D eigenvalue weighted by Crippen LogP contribution is 2.09. The van der Waals surface area contributed by atoms with E-state index in [0.29, 0.717) is 5.92 Å². The molecule has 0 rings (SSSR count). The lowest BCUT2D eigenvalue weighted by Crippen LogP contribution is -2.26. The second-order valence-electron chi connectivity index (χ2n) is 4.51. The molecule has 0 aliphatic heterocycles. The van der Waals surface area contributed by atoms with Crippen molar-refractivity contribution in [1.29, 1.82) is 0 Å². The number of nitrogens with zero attached hydrogens (tertiary/aromatic N) is 1. The Bertz CT molecular complexity index is 305. The van der Waals surface area contributed by atoms with Gasteiger partial charge in [0.25, 0.3) is 0 Å². The summed E-state index contributed by atoms with van der Waals surface area (Å²) in [5.41, 5.74) is 0.983. The number of rotatable bonds is 6. The molecule has 0 saturated heterocycles. The predicted molar refractivity (Wildman–Crippen MR) is 78.1 cm³/mol. The van der Waals surface area contributed by atoms with Crippen molar-refractivity contribution in [3.05, 3.63) is 24.4 Å². The zero-order valence-electron chi connectivity index (χ0n) is 11.5. The van der Waals surface area contributed by atoms with Gasteiger partial charge in [0.2, 0.25) is 0 Å². The molecule has 0 aromatic heterocycles. The molecule has 0 heterocycles. The van der Waals surface area contributed by atoms with E-state index in [2.05, 4.69) is 44.1 Å². The lowest BCUT2D eigenvalue weighted by atomic mass is 10.2. The van der Waals surface area contributed by atoms with Crippen LogP contribution in [0.25, 0.3) is 0 Å². The minimum absolute atomic E-state index is 0.0365. The SMILES string of the molecule is C=C(/C=C/C(C)Cl)N(CC#CCC)CC(C)C. The molecule has 0 fully saturated rings. The number of halogens is 1. The lowest BCUT2D eigenvalue weighted by Gasteiger charge is -2.24. The van der Waals surface area contributed by atoms with Gasteiger partial charge in [-0.2, -0.15) is 0 Å². The fraction of sp³-hybridized carbons (Fsp3) is 0.600. The molecule has 0 saturated carbocycles. The van der Waals surface area contributed by atoms with Crippen molar-refractivity contribution in [3.63, 3.8) is 0 Å². The topological polar surface area (TPSA) is 3.24 Å². The number of hydrogen-bond acceptors (Lipinski definition) is 1. The van der Waals surface area contributed by atoms with E-state index in [1.165, 1.54) is 0 Å². The monoisotopic (exact) mass is 253 g/mol. The molecular formula is C15H24ClN. The highest BCUT2D eigenvalue weighted by molar-refractivity contribution is 6.21. The first-order valence-corrected chi connectivity index (χ1v) is 6.62. The standard InChI is InChI=1S/C15H24ClN/c1-6-7-8-11-17(12-13(2)3)15(5)10-9-14(4)16/h9-10,13-14H,5-6,11-12H2,1-4H3/b10-9+. The highest BCUT2D eigenvalue weighted by Gasteiger charge is 2.06. The summed E-state index contributed by atoms with van der Waals surface area (Å²) in [4.78, 5) is 2.20. The molecule has 17 heavy (non-hydrogen) atoms. The van der Waals surface area contributed by atoms with E-state index in [1.807, 2.05) is 19.1 Å². The molecule has 0 radical (unpaired) electrons. The van der Waals surface area contributed by atoms with E-state index >= 15 is 0 Å². The summed E-state index contributed by atoms with van der Waals surface area (Å²) in [7, 11) is 0. The summed E-state index contributed by atoms with van der Waals surface area (Å²) in [6, 6.07) is 0. The van der Waals surface area contributed by atoms with Crippen molar-refractivity contribution in [2.45, 2.75) is 39.5 Å². The van der Waals surface area contributed by atoms with Gasteiger partial charge < -0.3 is 4.90 Å². The van der Waals surface area contributed by atoms with E-state index in [1.54, 1.807) is 0 Å². The van der Waals surface area contributed by atoms with Crippen molar-refractivity contribution < 1.29 is 0 Å². The van der Waals surface area contributed by atoms with Crippen LogP contribution in [0.3, 0.4) is 0 Å². The second kappa shape index (κ2) is 9.19. The van der Waals surface area contributed by atoms with Crippen LogP contribution in [0.4, 0.5) is 0 Å². The van der Waals surface area contributed by atoms with Crippen LogP contribution in [0.15, 0.2) is 24.4 Å². The van der Waals surface area contributed by atoms with Gasteiger partial charge in [-0.05, 0) is 18.9 Å². The van der Waals surface area contributed by atoms with Crippen LogP contribution >= 0.6 is 11.6 Å². The number of alkyl halides is 1. The Hall–Kier alpha value is -0.870. The minimum Gasteiger partial charge on any atom is -0.361 e. The van der Waals surface area contributed by atoms with Gasteiger partial charge in [0.15, 0.2) is 0 Å². The Morgan fingerprint density at radius 3 is 2.47 bits per heavy atom. The first-order valence-electron chi connectivity index (χ1n) is 6.19. The van der Waals surface area contributed by atoms with Crippen molar-refractivity contribution in [3.8, 4) is 11.8 Å². The fourth-order valence-corrected chi connectivity index (χ4v) is 1.42. The normalized spacial score (nSPS) is 12.4. The van der Waals surface area contributed by atoms with E-state index < -0.39 is 0 Å². The molecule has 0 aliphatic carbocycles. The van der Waals surface area contributed by atoms with E-state index in [4.69, 9.17) is 11.6 Å². The largest absolute Gasteiger partial charge is 0.361 e. The molecule has 1 nitrogen and oxygen atoms in total. The molecule has 96 valence electrons. The van der Waals surface area contributed by atoms with Crippen molar-refractivity contribution in [2.24, 2.45) is 5.92 Å². The van der Waals surface area contributed by atoms with Gasteiger partial charge >= 0.3 is 0 Å². The van der Waals surface area contributed by atoms with Crippen LogP contribution < -0.4 is 0 Å². The Balaban J connectivity index is 4.50. The smallest absolute Gasteiger partial charge is 0.0794 e. The van der Waals surface area contributed by atoms with Gasteiger partial charge in [-0.15, -0.1) is 17.5 Å². The lowest BCUT2D eigenvalue weighted by molar-refractivity contribution is 0.347. The maximum atomic E-state index is 5.88. The van der Waals surface area contributed by atoms with Crippen LogP contribution in [0.1, 0.15) is 34.1 Å². The summed E-state index contributed by atoms with van der Waals surface area (Å²) in [5.74, 6) is 6.84. The summed E-state index contributed by atoms with van der Waals surface area (Å²) >= 11 is 5.88. The van der Waals surface area contributed by atoms with Gasteiger partial charge in [-0.1, -0.05) is 39.3 Å². The van der Waals surface area contributed by atoms with Gasteiger partial charge in [-0.3, -0.25) is 0 Å². The Morgan fingerprint density at radius 2 is 2.00 bits per heavy atom. The minimum atomic E-state index is 0.0365. The molecule has 0 amide bonds. The van der Waals surface area contributed by atoms with Crippen molar-refractivity contribution >= 4 is 11.6 Å². The molecule has 0 N–H and O–H groups in total. The van der Waals surface area contributed by atoms with Crippen LogP contribution in [0.5, 0.6) is 0 Å². The second-order valence-corrected chi connectivity index (χ2v) is 5.20. The van der Waals surface area contributed by atoms with Gasteiger partial charge in [-0.25, -0.2) is 0 Å². The van der Waals surface area contributed by atoms with Crippen LogP contribution in [0.2, 0.25) is 0 Å². The van der Waals surface area contributed by atoms with Crippen LogP contribution in [-0.2, 0) is 0 Å². The maximum Gasteiger partial charge on any atom is 0.0794 e. The third-order valence-corrected chi connectivity index (χ3v) is 2.26. The van der Waals surface area contributed by atoms with Crippen LogP contribution in [-0.4, -0.2) is 23.4 Å². The molecule has 2 heteroatoms. The Kier molecular flexibility index (Phi) is 8.72. The number of allylic oxidation sites excluding steroid dienone is 2. The summed E-state index contributed by atoms with van der Waals surface area (Å²) in [5, 5.41) is 0.0365. The molecule has 1 unspecified atom stereocenters. The summed E-state index contributed by atoms with van der Waals surface area (Å²) < 4.78 is 0. The average Bonchev–Trinajstić information content (AvgIpc) is 2.24. The predicted octanol–water partition coefficient (Wildman–Crippen LogP) is 4.06. The average molecular weight is 254 g/mol. The van der Waals surface area contributed by atoms with E-state index in [0.717, 1.165) is 25.2 Å². The molecule has 0 bridgehead atoms. The van der Waals surface area contributed by atoms with E-state index in [-0.39, 0.29) is 5.38 Å². The molecule has 0 spiro atoms. The van der Waals surface area contributed by atoms with Crippen molar-refractivity contribution in [1.82, 2.24) is 4.90 Å². The first kappa shape index (κ1) is 16.1. The first-order chi connectivity index (χ1) is 7.97. The zero-order valence-corrected chi connectivity index (χ0v) is 12.2. The third kappa shape index (κ3) is 8.89. The number of hydrogen-bond donors (Lipinski definition) is 0. The van der Waals surface area contributed by atoms with Crippen molar-refractivity contribution in [2.75, 3.05) is 13.1 Å². The molecule has 1 atom stereocenters. The Labute approximate surface area is 112 Å². The quantitative estimate of drug-likeness (QED) is 0.392. The maximum absolute atomic E-state index is 5.88. The molecule has 0 aromatic carbocycles. The van der Waals surface area contributed by atoms with Gasteiger partial charge in [0, 0.05) is 24.0 Å². The van der Waals surface area contributed by atoms with E-state index in [9.17, 15) is 0 Å². The zero-order chi connectivity index (χ0) is 13.3.